The molecule has 0 bridgehead atoms. The third-order valence-corrected chi connectivity index (χ3v) is 5.72. The second-order valence-corrected chi connectivity index (χ2v) is 9.20. The smallest absolute Gasteiger partial charge is 0.379 e. The van der Waals surface area contributed by atoms with Crippen LogP contribution in [0.15, 0.2) is 67.2 Å². The van der Waals surface area contributed by atoms with Crippen molar-refractivity contribution in [1.29, 1.82) is 0 Å². The van der Waals surface area contributed by atoms with Crippen LogP contribution in [-0.4, -0.2) is 24.7 Å². The number of hydrogen-bond donors (Lipinski definition) is 1. The lowest BCUT2D eigenvalue weighted by molar-refractivity contribution is -0.123. The molecule has 160 valence electrons. The molecule has 0 radical (unpaired) electrons. The summed E-state index contributed by atoms with van der Waals surface area (Å²) in [4.78, 5) is 24.3. The summed E-state index contributed by atoms with van der Waals surface area (Å²) in [6.45, 7) is -0.239. The van der Waals surface area contributed by atoms with Gasteiger partial charge >= 0.3 is 5.97 Å². The van der Waals surface area contributed by atoms with Crippen LogP contribution in [0.25, 0.3) is 0 Å². The van der Waals surface area contributed by atoms with Crippen LogP contribution < -0.4 is 14.9 Å². The number of amides is 1. The molecule has 0 aliphatic carbocycles. The summed E-state index contributed by atoms with van der Waals surface area (Å²) in [5, 5.41) is 4.50. The minimum Gasteiger partial charge on any atom is -0.483 e. The summed E-state index contributed by atoms with van der Waals surface area (Å²) in [6.07, 6.45) is 2.72. The number of furan rings is 1. The van der Waals surface area contributed by atoms with Crippen LogP contribution >= 0.6 is 66.1 Å². The van der Waals surface area contributed by atoms with Crippen molar-refractivity contribution in [2.75, 3.05) is 6.61 Å². The van der Waals surface area contributed by atoms with Gasteiger partial charge in [0.1, 0.15) is 5.75 Å². The Kier molecular flexibility index (Phi) is 8.52. The average molecular weight is 682 g/mol. The molecule has 0 spiro atoms. The maximum atomic E-state index is 12.2. The van der Waals surface area contributed by atoms with Crippen molar-refractivity contribution < 1.29 is 23.5 Å². The van der Waals surface area contributed by atoms with E-state index in [9.17, 15) is 9.59 Å². The molecular formula is C20H12Br2ClIN2O5. The van der Waals surface area contributed by atoms with Crippen molar-refractivity contribution in [2.24, 2.45) is 5.10 Å². The van der Waals surface area contributed by atoms with Gasteiger partial charge in [0, 0.05) is 15.1 Å². The molecule has 2 aromatic carbocycles. The monoisotopic (exact) mass is 680 g/mol. The number of nitrogens with zero attached hydrogens (tertiary/aromatic N) is 1. The Bertz CT molecular complexity index is 1140. The first-order valence-electron chi connectivity index (χ1n) is 8.48. The van der Waals surface area contributed by atoms with Gasteiger partial charge in [-0.25, -0.2) is 10.2 Å². The van der Waals surface area contributed by atoms with E-state index in [1.54, 1.807) is 36.4 Å². The normalized spacial score (nSPS) is 10.8. The van der Waals surface area contributed by atoms with Gasteiger partial charge in [0.2, 0.25) is 5.76 Å². The van der Waals surface area contributed by atoms with Crippen LogP contribution in [0, 0.1) is 3.57 Å². The van der Waals surface area contributed by atoms with Crippen molar-refractivity contribution in [3.63, 3.8) is 0 Å². The molecule has 0 aliphatic heterocycles. The number of esters is 1. The van der Waals surface area contributed by atoms with E-state index in [1.807, 2.05) is 0 Å². The number of carbonyl (C=O) groups is 2. The average Bonchev–Trinajstić information content (AvgIpc) is 3.24. The second kappa shape index (κ2) is 11.1. The molecule has 11 heteroatoms. The van der Waals surface area contributed by atoms with Gasteiger partial charge in [-0.1, -0.05) is 27.5 Å². The number of nitrogens with one attached hydrogen (secondary N) is 1. The topological polar surface area (TPSA) is 90.1 Å². The molecule has 0 unspecified atom stereocenters. The molecule has 0 fully saturated rings. The summed E-state index contributed by atoms with van der Waals surface area (Å²) in [6, 6.07) is 11.5. The number of benzene rings is 2. The molecule has 1 aromatic heterocycles. The molecule has 1 N–H and O–H groups in total. The minimum atomic E-state index is -0.669. The highest BCUT2D eigenvalue weighted by Crippen LogP contribution is 2.32. The highest BCUT2D eigenvalue weighted by molar-refractivity contribution is 14.1. The molecule has 0 aliphatic rings. The zero-order chi connectivity index (χ0) is 22.4. The second-order valence-electron chi connectivity index (χ2n) is 5.83. The Morgan fingerprint density at radius 3 is 2.74 bits per heavy atom. The van der Waals surface area contributed by atoms with Gasteiger partial charge in [0.25, 0.3) is 5.91 Å². The fraction of sp³-hybridized carbons (Fsp3) is 0.0500. The lowest BCUT2D eigenvalue weighted by atomic mass is 10.2. The molecule has 0 saturated heterocycles. The van der Waals surface area contributed by atoms with E-state index in [0.717, 1.165) is 3.57 Å². The van der Waals surface area contributed by atoms with E-state index in [4.69, 9.17) is 25.5 Å². The fourth-order valence-electron chi connectivity index (χ4n) is 2.26. The van der Waals surface area contributed by atoms with Crippen LogP contribution in [0.1, 0.15) is 16.1 Å². The van der Waals surface area contributed by atoms with Crippen LogP contribution in [0.5, 0.6) is 11.5 Å². The molecule has 1 heterocycles. The first-order valence-corrected chi connectivity index (χ1v) is 11.5. The highest BCUT2D eigenvalue weighted by Gasteiger charge is 2.17. The van der Waals surface area contributed by atoms with Crippen LogP contribution in [0.4, 0.5) is 0 Å². The van der Waals surface area contributed by atoms with Gasteiger partial charge in [-0.05, 0) is 81.0 Å². The molecular weight excluding hydrogens is 670 g/mol. The molecule has 7 nitrogen and oxygen atoms in total. The third kappa shape index (κ3) is 6.79. The molecule has 31 heavy (non-hydrogen) atoms. The standard InChI is InChI=1S/C20H12Br2ClIN2O5/c21-12-6-11(19(14(22)7-12)31-20(28)17-2-1-5-29-17)9-25-26-18(27)10-30-16-4-3-13(23)8-15(16)24/h1-9H,10H2,(H,26,27). The maximum absolute atomic E-state index is 12.2. The molecule has 0 atom stereocenters. The van der Waals surface area contributed by atoms with Crippen LogP contribution in [-0.2, 0) is 4.79 Å². The lowest BCUT2D eigenvalue weighted by Crippen LogP contribution is -2.24. The summed E-state index contributed by atoms with van der Waals surface area (Å²) < 4.78 is 17.9. The van der Waals surface area contributed by atoms with Gasteiger partial charge in [-0.2, -0.15) is 5.10 Å². The molecule has 1 amide bonds. The van der Waals surface area contributed by atoms with E-state index in [2.05, 4.69) is 65.0 Å². The number of ether oxygens (including phenoxy) is 2. The van der Waals surface area contributed by atoms with E-state index >= 15 is 0 Å². The summed E-state index contributed by atoms with van der Waals surface area (Å²) >= 11 is 14.7. The Morgan fingerprint density at radius 2 is 2.03 bits per heavy atom. The minimum absolute atomic E-state index is 0.0555. The lowest BCUT2D eigenvalue weighted by Gasteiger charge is -2.10. The van der Waals surface area contributed by atoms with Gasteiger partial charge in [-0.15, -0.1) is 0 Å². The fourth-order valence-corrected chi connectivity index (χ4v) is 4.63. The van der Waals surface area contributed by atoms with Crippen molar-refractivity contribution in [2.45, 2.75) is 0 Å². The SMILES string of the molecule is O=C(COc1ccc(Cl)cc1I)NN=Cc1cc(Br)cc(Br)c1OC(=O)c1ccco1. The summed E-state index contributed by atoms with van der Waals surface area (Å²) in [5.41, 5.74) is 2.81. The van der Waals surface area contributed by atoms with Crippen molar-refractivity contribution in [3.05, 3.63) is 77.6 Å². The summed E-state index contributed by atoms with van der Waals surface area (Å²) in [7, 11) is 0. The van der Waals surface area contributed by atoms with Gasteiger partial charge in [0.05, 0.1) is 20.5 Å². The first kappa shape index (κ1) is 23.8. The molecule has 0 saturated carbocycles. The van der Waals surface area contributed by atoms with Gasteiger partial charge < -0.3 is 13.9 Å². The summed E-state index contributed by atoms with van der Waals surface area (Å²) in [5.74, 6) is -0.329. The van der Waals surface area contributed by atoms with E-state index in [-0.39, 0.29) is 18.1 Å². The van der Waals surface area contributed by atoms with E-state index in [0.29, 0.717) is 25.3 Å². The van der Waals surface area contributed by atoms with Crippen LogP contribution in [0.3, 0.4) is 0 Å². The number of hydrogen-bond acceptors (Lipinski definition) is 6. The Morgan fingerprint density at radius 1 is 1.23 bits per heavy atom. The van der Waals surface area contributed by atoms with Gasteiger partial charge in [0.15, 0.2) is 12.4 Å². The number of halogens is 4. The van der Waals surface area contributed by atoms with Crippen molar-refractivity contribution >= 4 is 84.1 Å². The Labute approximate surface area is 212 Å². The zero-order valence-corrected chi connectivity index (χ0v) is 21.5. The Hall–Kier alpha value is -1.89. The largest absolute Gasteiger partial charge is 0.483 e. The molecule has 3 rings (SSSR count). The van der Waals surface area contributed by atoms with Crippen LogP contribution in [0.2, 0.25) is 5.02 Å². The Balaban J connectivity index is 1.65. The van der Waals surface area contributed by atoms with Gasteiger partial charge in [-0.3, -0.25) is 4.79 Å². The zero-order valence-electron chi connectivity index (χ0n) is 15.4. The van der Waals surface area contributed by atoms with Crippen molar-refractivity contribution in [3.8, 4) is 11.5 Å². The quantitative estimate of drug-likeness (QED) is 0.112. The number of rotatable bonds is 7. The maximum Gasteiger partial charge on any atom is 0.379 e. The van der Waals surface area contributed by atoms with E-state index in [1.165, 1.54) is 18.5 Å². The number of hydrazone groups is 1. The molecule has 3 aromatic rings. The highest BCUT2D eigenvalue weighted by atomic mass is 127. The predicted molar refractivity (Wildman–Crippen MR) is 131 cm³/mol. The first-order chi connectivity index (χ1) is 14.8. The number of carbonyl (C=O) groups excluding carboxylic acids is 2. The van der Waals surface area contributed by atoms with Crippen molar-refractivity contribution in [1.82, 2.24) is 5.43 Å². The van der Waals surface area contributed by atoms with E-state index < -0.39 is 11.9 Å². The third-order valence-electron chi connectivity index (χ3n) is 3.60. The predicted octanol–water partition coefficient (Wildman–Crippen LogP) is 5.81.